The minimum Gasteiger partial charge on any atom is -0.497 e. The molecule has 3 aromatic rings. The van der Waals surface area contributed by atoms with Crippen molar-refractivity contribution >= 4 is 17.6 Å². The normalized spacial score (nSPS) is 11.2. The first-order valence-electron chi connectivity index (χ1n) is 11.5. The molecule has 0 fully saturated rings. The number of likely N-dealkylation sites (N-methyl/N-ethyl adjacent to an activating group) is 1. The Kier molecular flexibility index (Phi) is 7.76. The van der Waals surface area contributed by atoms with E-state index in [0.29, 0.717) is 12.4 Å². The minimum atomic E-state index is -0.265. The Balaban J connectivity index is 1.74. The van der Waals surface area contributed by atoms with Gasteiger partial charge in [-0.1, -0.05) is 50.6 Å². The predicted octanol–water partition coefficient (Wildman–Crippen LogP) is 4.52. The van der Waals surface area contributed by atoms with Crippen LogP contribution in [-0.4, -0.2) is 46.7 Å². The van der Waals surface area contributed by atoms with Crippen molar-refractivity contribution in [1.29, 1.82) is 0 Å². The van der Waals surface area contributed by atoms with Crippen LogP contribution in [0.3, 0.4) is 0 Å². The molecule has 0 unspecified atom stereocenters. The molecule has 180 valence electrons. The molecule has 7 nitrogen and oxygen atoms in total. The highest BCUT2D eigenvalue weighted by molar-refractivity contribution is 5.94. The number of nitrogens with one attached hydrogen (secondary N) is 1. The van der Waals surface area contributed by atoms with Crippen LogP contribution in [0.25, 0.3) is 5.69 Å². The molecule has 0 radical (unpaired) electrons. The zero-order chi connectivity index (χ0) is 24.9. The summed E-state index contributed by atoms with van der Waals surface area (Å²) in [7, 11) is 1.60. The van der Waals surface area contributed by atoms with E-state index < -0.39 is 0 Å². The lowest BCUT2D eigenvalue weighted by molar-refractivity contribution is -0.133. The Hall–Kier alpha value is -3.61. The van der Waals surface area contributed by atoms with Crippen LogP contribution in [0.5, 0.6) is 5.75 Å². The summed E-state index contributed by atoms with van der Waals surface area (Å²) < 4.78 is 6.91. The van der Waals surface area contributed by atoms with Gasteiger partial charge in [-0.2, -0.15) is 5.10 Å². The molecule has 0 aliphatic rings. The molecule has 0 saturated carbocycles. The first-order valence-corrected chi connectivity index (χ1v) is 11.5. The molecular formula is C27H34N4O3. The highest BCUT2D eigenvalue weighted by Crippen LogP contribution is 2.26. The lowest BCUT2D eigenvalue weighted by Crippen LogP contribution is -2.38. The van der Waals surface area contributed by atoms with Crippen LogP contribution in [0.1, 0.15) is 44.5 Å². The Morgan fingerprint density at radius 1 is 1.06 bits per heavy atom. The van der Waals surface area contributed by atoms with Gasteiger partial charge in [-0.3, -0.25) is 9.59 Å². The van der Waals surface area contributed by atoms with Crippen LogP contribution in [0.4, 0.5) is 5.82 Å². The highest BCUT2D eigenvalue weighted by Gasteiger charge is 2.23. The number of aryl methyl sites for hydroxylation is 1. The molecule has 34 heavy (non-hydrogen) atoms. The third-order valence-electron chi connectivity index (χ3n) is 5.61. The molecular weight excluding hydrogens is 428 g/mol. The van der Waals surface area contributed by atoms with Crippen molar-refractivity contribution in [2.24, 2.45) is 0 Å². The second-order valence-corrected chi connectivity index (χ2v) is 9.39. The summed E-state index contributed by atoms with van der Waals surface area (Å²) >= 11 is 0. The fourth-order valence-electron chi connectivity index (χ4n) is 3.48. The van der Waals surface area contributed by atoms with E-state index in [4.69, 9.17) is 9.84 Å². The fraction of sp³-hybridized carbons (Fsp3) is 0.370. The van der Waals surface area contributed by atoms with Crippen molar-refractivity contribution in [3.8, 4) is 11.4 Å². The Morgan fingerprint density at radius 2 is 1.71 bits per heavy atom. The van der Waals surface area contributed by atoms with Crippen LogP contribution >= 0.6 is 0 Å². The van der Waals surface area contributed by atoms with Gasteiger partial charge in [-0.25, -0.2) is 4.68 Å². The topological polar surface area (TPSA) is 76.5 Å². The first kappa shape index (κ1) is 25.0. The number of nitrogens with zero attached hydrogens (tertiary/aromatic N) is 3. The SMILES string of the molecule is CCN(CC(=O)Nc1cc(C(C)(C)C)nn1-c1ccc(C)cc1)C(=O)Cc1ccc(OC)cc1. The van der Waals surface area contributed by atoms with Crippen LogP contribution < -0.4 is 10.1 Å². The Morgan fingerprint density at radius 3 is 2.26 bits per heavy atom. The maximum Gasteiger partial charge on any atom is 0.245 e. The number of hydrogen-bond acceptors (Lipinski definition) is 4. The second-order valence-electron chi connectivity index (χ2n) is 9.39. The van der Waals surface area contributed by atoms with Gasteiger partial charge < -0.3 is 15.0 Å². The van der Waals surface area contributed by atoms with E-state index in [-0.39, 0.29) is 30.2 Å². The van der Waals surface area contributed by atoms with Gasteiger partial charge in [-0.05, 0) is 43.7 Å². The van der Waals surface area contributed by atoms with E-state index in [9.17, 15) is 9.59 Å². The van der Waals surface area contributed by atoms with Crippen LogP contribution in [0.15, 0.2) is 54.6 Å². The zero-order valence-electron chi connectivity index (χ0n) is 20.9. The molecule has 2 aromatic carbocycles. The maximum atomic E-state index is 13.0. The Bertz CT molecular complexity index is 1130. The van der Waals surface area contributed by atoms with E-state index in [1.165, 1.54) is 0 Å². The average molecular weight is 463 g/mol. The van der Waals surface area contributed by atoms with Gasteiger partial charge in [0.15, 0.2) is 0 Å². The van der Waals surface area contributed by atoms with Gasteiger partial charge in [0.1, 0.15) is 11.6 Å². The maximum absolute atomic E-state index is 13.0. The number of methoxy groups -OCH3 is 1. The summed E-state index contributed by atoms with van der Waals surface area (Å²) in [6, 6.07) is 17.2. The molecule has 3 rings (SSSR count). The Labute approximate surface area is 201 Å². The smallest absolute Gasteiger partial charge is 0.245 e. The summed E-state index contributed by atoms with van der Waals surface area (Å²) in [5.74, 6) is 0.948. The van der Waals surface area contributed by atoms with E-state index in [2.05, 4.69) is 26.1 Å². The lowest BCUT2D eigenvalue weighted by Gasteiger charge is -2.20. The summed E-state index contributed by atoms with van der Waals surface area (Å²) in [5, 5.41) is 7.72. The summed E-state index contributed by atoms with van der Waals surface area (Å²) in [6.07, 6.45) is 0.223. The molecule has 1 N–H and O–H groups in total. The number of benzene rings is 2. The predicted molar refractivity (Wildman–Crippen MR) is 135 cm³/mol. The molecule has 0 aliphatic heterocycles. The minimum absolute atomic E-state index is 0.0323. The van der Waals surface area contributed by atoms with Gasteiger partial charge in [0.25, 0.3) is 0 Å². The van der Waals surface area contributed by atoms with Crippen molar-refractivity contribution in [2.45, 2.75) is 46.5 Å². The van der Waals surface area contributed by atoms with E-state index in [1.807, 2.05) is 68.4 Å². The zero-order valence-corrected chi connectivity index (χ0v) is 20.9. The third kappa shape index (κ3) is 6.25. The molecule has 7 heteroatoms. The second kappa shape index (κ2) is 10.5. The summed E-state index contributed by atoms with van der Waals surface area (Å²) in [6.45, 7) is 10.5. The third-order valence-corrected chi connectivity index (χ3v) is 5.61. The molecule has 0 aliphatic carbocycles. The van der Waals surface area contributed by atoms with Crippen molar-refractivity contribution < 1.29 is 14.3 Å². The van der Waals surface area contributed by atoms with Crippen LogP contribution in [-0.2, 0) is 21.4 Å². The quantitative estimate of drug-likeness (QED) is 0.534. The van der Waals surface area contributed by atoms with Crippen LogP contribution in [0, 0.1) is 6.92 Å². The number of rotatable bonds is 8. The molecule has 0 saturated heterocycles. The van der Waals surface area contributed by atoms with Crippen molar-refractivity contribution in [3.63, 3.8) is 0 Å². The largest absolute Gasteiger partial charge is 0.497 e. The highest BCUT2D eigenvalue weighted by atomic mass is 16.5. The van der Waals surface area contributed by atoms with Crippen molar-refractivity contribution in [2.75, 3.05) is 25.5 Å². The standard InChI is InChI=1S/C27H34N4O3/c1-7-30(26(33)16-20-10-14-22(34-6)15-11-20)18-25(32)28-24-17-23(27(3,4)5)29-31(24)21-12-8-19(2)9-13-21/h8-15,17H,7,16,18H2,1-6H3,(H,28,32). The fourth-order valence-corrected chi connectivity index (χ4v) is 3.48. The van der Waals surface area contributed by atoms with Crippen LogP contribution in [0.2, 0.25) is 0 Å². The molecule has 0 atom stereocenters. The van der Waals surface area contributed by atoms with E-state index in [1.54, 1.807) is 16.7 Å². The van der Waals surface area contributed by atoms with Gasteiger partial charge >= 0.3 is 0 Å². The van der Waals surface area contributed by atoms with Gasteiger partial charge in [-0.15, -0.1) is 0 Å². The van der Waals surface area contributed by atoms with Gasteiger partial charge in [0.2, 0.25) is 11.8 Å². The summed E-state index contributed by atoms with van der Waals surface area (Å²) in [5.41, 5.74) is 3.56. The van der Waals surface area contributed by atoms with E-state index in [0.717, 1.165) is 28.3 Å². The number of carbonyl (C=O) groups is 2. The monoisotopic (exact) mass is 462 g/mol. The van der Waals surface area contributed by atoms with E-state index >= 15 is 0 Å². The number of hydrogen-bond donors (Lipinski definition) is 1. The number of aromatic nitrogens is 2. The number of ether oxygens (including phenoxy) is 1. The number of carbonyl (C=O) groups excluding carboxylic acids is 2. The van der Waals surface area contributed by atoms with Gasteiger partial charge in [0.05, 0.1) is 31.5 Å². The average Bonchev–Trinajstić information content (AvgIpc) is 3.22. The van der Waals surface area contributed by atoms with Crippen molar-refractivity contribution in [3.05, 3.63) is 71.4 Å². The molecule has 2 amide bonds. The molecule has 1 aromatic heterocycles. The van der Waals surface area contributed by atoms with Gasteiger partial charge in [0, 0.05) is 18.0 Å². The number of amides is 2. The number of anilines is 1. The lowest BCUT2D eigenvalue weighted by atomic mass is 9.92. The van der Waals surface area contributed by atoms with Crippen molar-refractivity contribution in [1.82, 2.24) is 14.7 Å². The first-order chi connectivity index (χ1) is 16.1. The summed E-state index contributed by atoms with van der Waals surface area (Å²) in [4.78, 5) is 27.3. The molecule has 1 heterocycles. The molecule has 0 spiro atoms. The molecule has 0 bridgehead atoms.